The van der Waals surface area contributed by atoms with E-state index in [-0.39, 0.29) is 12.7 Å². The molecule has 0 unspecified atom stereocenters. The van der Waals surface area contributed by atoms with Crippen LogP contribution in [0.15, 0.2) is 28.8 Å². The Hall–Kier alpha value is -2.50. The van der Waals surface area contributed by atoms with E-state index in [0.29, 0.717) is 29.0 Å². The van der Waals surface area contributed by atoms with E-state index in [1.807, 2.05) is 23.1 Å². The molecule has 1 amide bonds. The molecule has 6 nitrogen and oxygen atoms in total. The smallest absolute Gasteiger partial charge is 0.276 e. The summed E-state index contributed by atoms with van der Waals surface area (Å²) in [6, 6.07) is 7.56. The first-order valence-corrected chi connectivity index (χ1v) is 8.44. The van der Waals surface area contributed by atoms with Crippen LogP contribution in [0.2, 0.25) is 0 Å². The molecule has 0 bridgehead atoms. The topological polar surface area (TPSA) is 64.8 Å². The van der Waals surface area contributed by atoms with Crippen molar-refractivity contribution in [3.63, 3.8) is 0 Å². The second kappa shape index (κ2) is 6.19. The van der Waals surface area contributed by atoms with Crippen molar-refractivity contribution in [1.29, 1.82) is 0 Å². The molecule has 24 heavy (non-hydrogen) atoms. The van der Waals surface area contributed by atoms with Gasteiger partial charge >= 0.3 is 0 Å². The second-order valence-corrected chi connectivity index (χ2v) is 6.20. The molecule has 0 saturated carbocycles. The van der Waals surface area contributed by atoms with Gasteiger partial charge in [-0.3, -0.25) is 4.79 Å². The Morgan fingerprint density at radius 1 is 1.25 bits per heavy atom. The van der Waals surface area contributed by atoms with E-state index in [1.54, 1.807) is 6.07 Å². The average molecular weight is 328 g/mol. The molecule has 1 saturated heterocycles. The minimum atomic E-state index is -0.0442. The molecule has 1 atom stereocenters. The third-order valence-electron chi connectivity index (χ3n) is 4.75. The zero-order valence-corrected chi connectivity index (χ0v) is 13.7. The zero-order chi connectivity index (χ0) is 16.5. The van der Waals surface area contributed by atoms with Crippen molar-refractivity contribution in [3.8, 4) is 22.8 Å². The Bertz CT molecular complexity index is 755. The quantitative estimate of drug-likeness (QED) is 0.863. The van der Waals surface area contributed by atoms with Crippen molar-refractivity contribution in [2.24, 2.45) is 0 Å². The highest BCUT2D eigenvalue weighted by Crippen LogP contribution is 2.36. The Morgan fingerprint density at radius 2 is 2.12 bits per heavy atom. The molecule has 0 spiro atoms. The molecular formula is C18H20N2O4. The monoisotopic (exact) mass is 328 g/mol. The number of benzene rings is 1. The maximum atomic E-state index is 12.8. The van der Waals surface area contributed by atoms with Crippen LogP contribution in [0.3, 0.4) is 0 Å². The van der Waals surface area contributed by atoms with Crippen molar-refractivity contribution in [2.45, 2.75) is 38.6 Å². The summed E-state index contributed by atoms with van der Waals surface area (Å²) in [4.78, 5) is 14.7. The third kappa shape index (κ3) is 2.62. The van der Waals surface area contributed by atoms with Crippen molar-refractivity contribution >= 4 is 5.91 Å². The fourth-order valence-corrected chi connectivity index (χ4v) is 3.40. The van der Waals surface area contributed by atoms with E-state index in [9.17, 15) is 4.79 Å². The Morgan fingerprint density at radius 3 is 3.00 bits per heavy atom. The van der Waals surface area contributed by atoms with Crippen LogP contribution in [0.4, 0.5) is 0 Å². The van der Waals surface area contributed by atoms with Crippen molar-refractivity contribution in [3.05, 3.63) is 30.0 Å². The van der Waals surface area contributed by atoms with E-state index in [2.05, 4.69) is 12.1 Å². The summed E-state index contributed by atoms with van der Waals surface area (Å²) in [5, 5.41) is 3.99. The lowest BCUT2D eigenvalue weighted by Gasteiger charge is -2.34. The van der Waals surface area contributed by atoms with Crippen LogP contribution in [-0.4, -0.2) is 35.3 Å². The number of likely N-dealkylation sites (tertiary alicyclic amines) is 1. The molecule has 1 aromatic heterocycles. The standard InChI is InChI=1S/C18H20N2O4/c1-2-13-5-3-4-8-20(13)18(21)14-10-16(24-19-14)12-6-7-15-17(9-12)23-11-22-15/h6-7,9-10,13H,2-5,8,11H2,1H3/t13-/m0/s1. The lowest BCUT2D eigenvalue weighted by atomic mass is 9.99. The number of hydrogen-bond acceptors (Lipinski definition) is 5. The van der Waals surface area contributed by atoms with Gasteiger partial charge in [0.05, 0.1) is 0 Å². The van der Waals surface area contributed by atoms with E-state index in [0.717, 1.165) is 31.4 Å². The molecule has 0 N–H and O–H groups in total. The highest BCUT2D eigenvalue weighted by atomic mass is 16.7. The molecule has 0 aliphatic carbocycles. The molecule has 2 aliphatic heterocycles. The van der Waals surface area contributed by atoms with Gasteiger partial charge in [-0.25, -0.2) is 0 Å². The number of rotatable bonds is 3. The highest BCUT2D eigenvalue weighted by Gasteiger charge is 2.28. The number of carbonyl (C=O) groups excluding carboxylic acids is 1. The van der Waals surface area contributed by atoms with Crippen LogP contribution in [0.1, 0.15) is 43.1 Å². The van der Waals surface area contributed by atoms with Gasteiger partial charge in [0.25, 0.3) is 5.91 Å². The predicted octanol–water partition coefficient (Wildman–Crippen LogP) is 3.48. The lowest BCUT2D eigenvalue weighted by molar-refractivity contribution is 0.0597. The molecule has 3 heterocycles. The van der Waals surface area contributed by atoms with Crippen LogP contribution < -0.4 is 9.47 Å². The second-order valence-electron chi connectivity index (χ2n) is 6.20. The molecule has 1 fully saturated rings. The molecule has 2 aromatic rings. The highest BCUT2D eigenvalue weighted by molar-refractivity contribution is 5.93. The summed E-state index contributed by atoms with van der Waals surface area (Å²) in [7, 11) is 0. The number of aromatic nitrogens is 1. The summed E-state index contributed by atoms with van der Waals surface area (Å²) in [6.07, 6.45) is 4.27. The summed E-state index contributed by atoms with van der Waals surface area (Å²) >= 11 is 0. The Labute approximate surface area is 140 Å². The minimum absolute atomic E-state index is 0.0442. The number of carbonyl (C=O) groups is 1. The van der Waals surface area contributed by atoms with Crippen molar-refractivity contribution in [2.75, 3.05) is 13.3 Å². The zero-order valence-electron chi connectivity index (χ0n) is 13.7. The number of amides is 1. The van der Waals surface area contributed by atoms with Gasteiger partial charge in [-0.05, 0) is 43.9 Å². The molecule has 2 aliphatic rings. The van der Waals surface area contributed by atoms with Gasteiger partial charge in [0.1, 0.15) is 0 Å². The first-order chi connectivity index (χ1) is 11.8. The van der Waals surface area contributed by atoms with Gasteiger partial charge in [0, 0.05) is 24.2 Å². The van der Waals surface area contributed by atoms with Gasteiger partial charge in [0.2, 0.25) is 6.79 Å². The third-order valence-corrected chi connectivity index (χ3v) is 4.75. The van der Waals surface area contributed by atoms with E-state index >= 15 is 0 Å². The Balaban J connectivity index is 1.57. The number of ether oxygens (including phenoxy) is 2. The molecule has 1 aromatic carbocycles. The predicted molar refractivity (Wildman–Crippen MR) is 87.0 cm³/mol. The summed E-state index contributed by atoms with van der Waals surface area (Å²) < 4.78 is 16.1. The average Bonchev–Trinajstić information content (AvgIpc) is 3.29. The molecule has 126 valence electrons. The van der Waals surface area contributed by atoms with Gasteiger partial charge in [-0.2, -0.15) is 0 Å². The Kier molecular flexibility index (Phi) is 3.88. The van der Waals surface area contributed by atoms with Gasteiger partial charge in [0.15, 0.2) is 23.0 Å². The largest absolute Gasteiger partial charge is 0.454 e. The first-order valence-electron chi connectivity index (χ1n) is 8.44. The van der Waals surface area contributed by atoms with Crippen molar-refractivity contribution < 1.29 is 18.8 Å². The molecule has 0 radical (unpaired) electrons. The lowest BCUT2D eigenvalue weighted by Crippen LogP contribution is -2.43. The maximum absolute atomic E-state index is 12.8. The molecule has 4 rings (SSSR count). The SMILES string of the molecule is CC[C@H]1CCCCN1C(=O)c1cc(-c2ccc3c(c2)OCO3)on1. The van der Waals surface area contributed by atoms with Crippen LogP contribution in [-0.2, 0) is 0 Å². The fourth-order valence-electron chi connectivity index (χ4n) is 3.40. The van der Waals surface area contributed by atoms with E-state index in [4.69, 9.17) is 14.0 Å². The fraction of sp³-hybridized carbons (Fsp3) is 0.444. The van der Waals surface area contributed by atoms with Gasteiger partial charge in [-0.15, -0.1) is 0 Å². The number of piperidine rings is 1. The normalized spacial score (nSPS) is 19.5. The van der Waals surface area contributed by atoms with Crippen LogP contribution in [0, 0.1) is 0 Å². The summed E-state index contributed by atoms with van der Waals surface area (Å²) in [6.45, 7) is 3.15. The van der Waals surface area contributed by atoms with Gasteiger partial charge < -0.3 is 18.9 Å². The van der Waals surface area contributed by atoms with E-state index in [1.165, 1.54) is 6.42 Å². The summed E-state index contributed by atoms with van der Waals surface area (Å²) in [5.41, 5.74) is 1.18. The molecule has 6 heteroatoms. The van der Waals surface area contributed by atoms with Crippen LogP contribution in [0.5, 0.6) is 11.5 Å². The maximum Gasteiger partial charge on any atom is 0.276 e. The first kappa shape index (κ1) is 15.1. The number of hydrogen-bond donors (Lipinski definition) is 0. The van der Waals surface area contributed by atoms with Gasteiger partial charge in [-0.1, -0.05) is 12.1 Å². The van der Waals surface area contributed by atoms with Crippen LogP contribution >= 0.6 is 0 Å². The minimum Gasteiger partial charge on any atom is -0.454 e. The van der Waals surface area contributed by atoms with E-state index < -0.39 is 0 Å². The number of fused-ring (bicyclic) bond motifs is 1. The number of nitrogens with zero attached hydrogens (tertiary/aromatic N) is 2. The summed E-state index contributed by atoms with van der Waals surface area (Å²) in [5.74, 6) is 1.91. The van der Waals surface area contributed by atoms with Crippen molar-refractivity contribution in [1.82, 2.24) is 10.1 Å². The molecular weight excluding hydrogens is 308 g/mol. The van der Waals surface area contributed by atoms with Crippen LogP contribution in [0.25, 0.3) is 11.3 Å².